The molecule has 22 heavy (non-hydrogen) atoms. The quantitative estimate of drug-likeness (QED) is 0.854. The van der Waals surface area contributed by atoms with Crippen LogP contribution in [0.5, 0.6) is 5.75 Å². The topological polar surface area (TPSA) is 53.3 Å². The van der Waals surface area contributed by atoms with Crippen LogP contribution in [0.1, 0.15) is 23.6 Å². The van der Waals surface area contributed by atoms with Crippen LogP contribution in [-0.2, 0) is 11.3 Å². The molecule has 4 nitrogen and oxygen atoms in total. The molecule has 2 aromatic rings. The van der Waals surface area contributed by atoms with Gasteiger partial charge in [-0.15, -0.1) is 0 Å². The normalized spacial score (nSPS) is 16.7. The highest BCUT2D eigenvalue weighted by Crippen LogP contribution is 2.35. The van der Waals surface area contributed by atoms with E-state index in [1.54, 1.807) is 24.0 Å². The van der Waals surface area contributed by atoms with Crippen LogP contribution in [0, 0.1) is 18.3 Å². The molecule has 0 saturated carbocycles. The molecule has 1 amide bonds. The van der Waals surface area contributed by atoms with Gasteiger partial charge in [0.15, 0.2) is 6.10 Å². The molecule has 1 heterocycles. The summed E-state index contributed by atoms with van der Waals surface area (Å²) in [6.45, 7) is 4.22. The summed E-state index contributed by atoms with van der Waals surface area (Å²) < 4.78 is 5.67. The Balaban J connectivity index is 1.96. The Morgan fingerprint density at radius 3 is 2.64 bits per heavy atom. The molecular formula is C18H16N2O2. The molecule has 2 aromatic carbocycles. The SMILES string of the molecule is Cc1ccc2c(c1)N(Cc1ccc(C#N)cc1)C(=O)[C@H](C)O2. The largest absolute Gasteiger partial charge is 0.479 e. The number of benzene rings is 2. The number of nitriles is 1. The molecule has 0 aromatic heterocycles. The number of hydrogen-bond acceptors (Lipinski definition) is 3. The number of fused-ring (bicyclic) bond motifs is 1. The molecule has 0 saturated heterocycles. The first-order chi connectivity index (χ1) is 10.6. The van der Waals surface area contributed by atoms with Crippen molar-refractivity contribution in [3.8, 4) is 11.8 Å². The van der Waals surface area contributed by atoms with Crippen LogP contribution in [0.25, 0.3) is 0 Å². The van der Waals surface area contributed by atoms with Gasteiger partial charge in [-0.1, -0.05) is 18.2 Å². The first-order valence-electron chi connectivity index (χ1n) is 7.16. The number of anilines is 1. The van der Waals surface area contributed by atoms with Crippen LogP contribution in [0.2, 0.25) is 0 Å². The highest BCUT2D eigenvalue weighted by atomic mass is 16.5. The van der Waals surface area contributed by atoms with Crippen LogP contribution in [0.15, 0.2) is 42.5 Å². The fraction of sp³-hybridized carbons (Fsp3) is 0.222. The van der Waals surface area contributed by atoms with Gasteiger partial charge in [-0.05, 0) is 49.2 Å². The van der Waals surface area contributed by atoms with Gasteiger partial charge in [-0.25, -0.2) is 0 Å². The van der Waals surface area contributed by atoms with Gasteiger partial charge in [0.25, 0.3) is 5.91 Å². The van der Waals surface area contributed by atoms with Crippen LogP contribution >= 0.6 is 0 Å². The lowest BCUT2D eigenvalue weighted by atomic mass is 10.1. The number of aryl methyl sites for hydroxylation is 1. The fourth-order valence-electron chi connectivity index (χ4n) is 2.55. The summed E-state index contributed by atoms with van der Waals surface area (Å²) in [5.41, 5.74) is 3.47. The van der Waals surface area contributed by atoms with Crippen molar-refractivity contribution >= 4 is 11.6 Å². The Hall–Kier alpha value is -2.80. The number of nitrogens with zero attached hydrogens (tertiary/aromatic N) is 2. The second-order valence-electron chi connectivity index (χ2n) is 5.46. The summed E-state index contributed by atoms with van der Waals surface area (Å²) in [5.74, 6) is 0.675. The zero-order valence-corrected chi connectivity index (χ0v) is 12.5. The van der Waals surface area contributed by atoms with E-state index < -0.39 is 6.10 Å². The summed E-state index contributed by atoms with van der Waals surface area (Å²) in [5, 5.41) is 8.86. The van der Waals surface area contributed by atoms with Crippen molar-refractivity contribution in [2.45, 2.75) is 26.5 Å². The Morgan fingerprint density at radius 1 is 1.23 bits per heavy atom. The summed E-state index contributed by atoms with van der Waals surface area (Å²) in [6, 6.07) is 15.2. The van der Waals surface area contributed by atoms with E-state index in [4.69, 9.17) is 10.00 Å². The van der Waals surface area contributed by atoms with Gasteiger partial charge in [-0.3, -0.25) is 4.79 Å². The molecule has 0 bridgehead atoms. The molecular weight excluding hydrogens is 276 g/mol. The van der Waals surface area contributed by atoms with Crippen molar-refractivity contribution in [1.82, 2.24) is 0 Å². The van der Waals surface area contributed by atoms with E-state index in [2.05, 4.69) is 6.07 Å². The van der Waals surface area contributed by atoms with E-state index in [-0.39, 0.29) is 5.91 Å². The maximum absolute atomic E-state index is 12.5. The average Bonchev–Trinajstić information content (AvgIpc) is 2.53. The average molecular weight is 292 g/mol. The highest BCUT2D eigenvalue weighted by Gasteiger charge is 2.31. The third kappa shape index (κ3) is 2.53. The summed E-state index contributed by atoms with van der Waals surface area (Å²) in [6.07, 6.45) is -0.492. The monoisotopic (exact) mass is 292 g/mol. The van der Waals surface area contributed by atoms with Crippen molar-refractivity contribution in [3.63, 3.8) is 0 Å². The molecule has 3 rings (SSSR count). The number of carbonyl (C=O) groups is 1. The van der Waals surface area contributed by atoms with Crippen molar-refractivity contribution < 1.29 is 9.53 Å². The smallest absolute Gasteiger partial charge is 0.268 e. The van der Waals surface area contributed by atoms with E-state index >= 15 is 0 Å². The molecule has 0 N–H and O–H groups in total. The molecule has 0 spiro atoms. The number of amides is 1. The van der Waals surface area contributed by atoms with Crippen molar-refractivity contribution in [3.05, 3.63) is 59.2 Å². The lowest BCUT2D eigenvalue weighted by Gasteiger charge is -2.33. The Kier molecular flexibility index (Phi) is 3.56. The molecule has 1 atom stereocenters. The second kappa shape index (κ2) is 5.53. The van der Waals surface area contributed by atoms with Gasteiger partial charge in [0.05, 0.1) is 23.9 Å². The molecule has 4 heteroatoms. The van der Waals surface area contributed by atoms with Crippen molar-refractivity contribution in [2.75, 3.05) is 4.90 Å². The van der Waals surface area contributed by atoms with Gasteiger partial charge >= 0.3 is 0 Å². The fourth-order valence-corrected chi connectivity index (χ4v) is 2.55. The predicted molar refractivity (Wildman–Crippen MR) is 83.6 cm³/mol. The molecule has 0 fully saturated rings. The van der Waals surface area contributed by atoms with Gasteiger partial charge < -0.3 is 9.64 Å². The number of rotatable bonds is 2. The van der Waals surface area contributed by atoms with E-state index in [0.717, 1.165) is 22.6 Å². The molecule has 1 aliphatic heterocycles. The number of hydrogen-bond donors (Lipinski definition) is 0. The number of carbonyl (C=O) groups excluding carboxylic acids is 1. The minimum atomic E-state index is -0.492. The van der Waals surface area contributed by atoms with Crippen molar-refractivity contribution in [2.24, 2.45) is 0 Å². The third-order valence-corrected chi connectivity index (χ3v) is 3.75. The summed E-state index contributed by atoms with van der Waals surface area (Å²) in [4.78, 5) is 14.2. The zero-order valence-electron chi connectivity index (χ0n) is 12.5. The van der Waals surface area contributed by atoms with Crippen LogP contribution in [-0.4, -0.2) is 12.0 Å². The van der Waals surface area contributed by atoms with E-state index in [1.807, 2.05) is 37.3 Å². The van der Waals surface area contributed by atoms with Gasteiger partial charge in [0.1, 0.15) is 5.75 Å². The van der Waals surface area contributed by atoms with Crippen LogP contribution in [0.4, 0.5) is 5.69 Å². The Morgan fingerprint density at radius 2 is 1.95 bits per heavy atom. The minimum Gasteiger partial charge on any atom is -0.479 e. The maximum atomic E-state index is 12.5. The van der Waals surface area contributed by atoms with Gasteiger partial charge in [-0.2, -0.15) is 5.26 Å². The minimum absolute atomic E-state index is 0.0533. The summed E-state index contributed by atoms with van der Waals surface area (Å²) in [7, 11) is 0. The second-order valence-corrected chi connectivity index (χ2v) is 5.46. The molecule has 0 unspecified atom stereocenters. The molecule has 0 aliphatic carbocycles. The van der Waals surface area contributed by atoms with Crippen LogP contribution < -0.4 is 9.64 Å². The highest BCUT2D eigenvalue weighted by molar-refractivity contribution is 5.99. The summed E-state index contributed by atoms with van der Waals surface area (Å²) >= 11 is 0. The van der Waals surface area contributed by atoms with E-state index in [0.29, 0.717) is 12.1 Å². The lowest BCUT2D eigenvalue weighted by molar-refractivity contribution is -0.125. The predicted octanol–water partition coefficient (Wildman–Crippen LogP) is 3.18. The van der Waals surface area contributed by atoms with E-state index in [9.17, 15) is 4.79 Å². The maximum Gasteiger partial charge on any atom is 0.268 e. The molecule has 1 aliphatic rings. The van der Waals surface area contributed by atoms with E-state index in [1.165, 1.54) is 0 Å². The molecule has 0 radical (unpaired) electrons. The third-order valence-electron chi connectivity index (χ3n) is 3.75. The van der Waals surface area contributed by atoms with Crippen LogP contribution in [0.3, 0.4) is 0 Å². The lowest BCUT2D eigenvalue weighted by Crippen LogP contribution is -2.44. The number of ether oxygens (including phenoxy) is 1. The van der Waals surface area contributed by atoms with Gasteiger partial charge in [0, 0.05) is 0 Å². The standard InChI is InChI=1S/C18H16N2O2/c1-12-3-8-17-16(9-12)20(18(21)13(2)22-17)11-15-6-4-14(10-19)5-7-15/h3-9,13H,11H2,1-2H3/t13-/m0/s1. The Labute approximate surface area is 129 Å². The van der Waals surface area contributed by atoms with Gasteiger partial charge in [0.2, 0.25) is 0 Å². The van der Waals surface area contributed by atoms with Crippen molar-refractivity contribution in [1.29, 1.82) is 5.26 Å². The Bertz CT molecular complexity index is 760. The first kappa shape index (κ1) is 14.2. The zero-order chi connectivity index (χ0) is 15.7. The first-order valence-corrected chi connectivity index (χ1v) is 7.16. The molecule has 110 valence electrons.